The fourth-order valence-corrected chi connectivity index (χ4v) is 9.66. The molecule has 0 saturated carbocycles. The van der Waals surface area contributed by atoms with E-state index < -0.39 is 32.4 Å². The van der Waals surface area contributed by atoms with Crippen LogP contribution in [0.25, 0.3) is 0 Å². The first kappa shape index (κ1) is 25.1. The summed E-state index contributed by atoms with van der Waals surface area (Å²) in [4.78, 5) is 16.3. The number of anilines is 1. The van der Waals surface area contributed by atoms with Crippen molar-refractivity contribution in [1.29, 1.82) is 0 Å². The Morgan fingerprint density at radius 2 is 1.71 bits per heavy atom. The number of nitrogens with zero attached hydrogens (tertiary/aromatic N) is 2. The van der Waals surface area contributed by atoms with E-state index in [1.165, 1.54) is 4.57 Å². The highest BCUT2D eigenvalue weighted by atomic mass is 127. The number of nitrogen functional groups attached to an aromatic ring is 1. The highest BCUT2D eigenvalue weighted by Crippen LogP contribution is 2.38. The van der Waals surface area contributed by atoms with Crippen LogP contribution >= 0.6 is 22.6 Å². The van der Waals surface area contributed by atoms with Gasteiger partial charge in [-0.2, -0.15) is 4.98 Å². The second kappa shape index (κ2) is 9.90. The quantitative estimate of drug-likeness (QED) is 0.338. The summed E-state index contributed by atoms with van der Waals surface area (Å²) in [5, 5.41) is 13.0. The van der Waals surface area contributed by atoms with Crippen molar-refractivity contribution in [2.75, 3.05) is 12.3 Å². The van der Waals surface area contributed by atoms with Gasteiger partial charge in [-0.05, 0) is 38.0 Å². The molecule has 0 aliphatic carbocycles. The molecule has 0 amide bonds. The summed E-state index contributed by atoms with van der Waals surface area (Å²) < 4.78 is 15.1. The van der Waals surface area contributed by atoms with Crippen LogP contribution in [0.2, 0.25) is 5.04 Å². The van der Waals surface area contributed by atoms with Crippen molar-refractivity contribution in [3.63, 3.8) is 0 Å². The zero-order chi connectivity index (χ0) is 24.5. The highest BCUT2D eigenvalue weighted by molar-refractivity contribution is 14.1. The zero-order valence-electron chi connectivity index (χ0n) is 19.5. The van der Waals surface area contributed by atoms with Crippen LogP contribution in [0.3, 0.4) is 0 Å². The number of aliphatic hydroxyl groups excluding tert-OH is 1. The minimum atomic E-state index is -2.76. The molecule has 3 atom stereocenters. The van der Waals surface area contributed by atoms with Crippen LogP contribution in [0.15, 0.2) is 71.7 Å². The standard InChI is InChI=1S/C25H30IN3O4Si/c1-25(2,3)34(17-10-6-4-7-11-17,18-12-8-5-9-13-18)32-16-21-20(30)14-22(33-21)29-15-19(26)23(27)28-24(29)31/h4-13,15,20-22,30H,14,16H2,1-3H3,(H2,27,28,31)/t20-,21+,22+/m0/s1. The van der Waals surface area contributed by atoms with Crippen molar-refractivity contribution < 1.29 is 14.3 Å². The van der Waals surface area contributed by atoms with Crippen LogP contribution < -0.4 is 21.8 Å². The molecular weight excluding hydrogens is 561 g/mol. The molecule has 1 fully saturated rings. The van der Waals surface area contributed by atoms with Crippen LogP contribution in [0.4, 0.5) is 5.82 Å². The summed E-state index contributed by atoms with van der Waals surface area (Å²) in [6.07, 6.45) is -0.0828. The van der Waals surface area contributed by atoms with E-state index in [-0.39, 0.29) is 23.9 Å². The van der Waals surface area contributed by atoms with Gasteiger partial charge < -0.3 is 20.0 Å². The third kappa shape index (κ3) is 4.72. The van der Waals surface area contributed by atoms with E-state index in [9.17, 15) is 9.90 Å². The second-order valence-corrected chi connectivity index (χ2v) is 15.0. The van der Waals surface area contributed by atoms with Crippen molar-refractivity contribution >= 4 is 47.1 Å². The van der Waals surface area contributed by atoms with Gasteiger partial charge in [-0.3, -0.25) is 4.57 Å². The molecule has 0 bridgehead atoms. The Morgan fingerprint density at radius 1 is 1.15 bits per heavy atom. The van der Waals surface area contributed by atoms with Gasteiger partial charge in [0.25, 0.3) is 8.32 Å². The lowest BCUT2D eigenvalue weighted by Gasteiger charge is -2.43. The molecule has 1 aliphatic rings. The molecule has 3 N–H and O–H groups in total. The van der Waals surface area contributed by atoms with Crippen molar-refractivity contribution in [1.82, 2.24) is 9.55 Å². The summed E-state index contributed by atoms with van der Waals surface area (Å²) >= 11 is 2.03. The first-order valence-corrected chi connectivity index (χ1v) is 14.2. The predicted octanol–water partition coefficient (Wildman–Crippen LogP) is 2.66. The minimum Gasteiger partial charge on any atom is -0.405 e. The van der Waals surface area contributed by atoms with Gasteiger partial charge in [0.1, 0.15) is 18.1 Å². The lowest BCUT2D eigenvalue weighted by molar-refractivity contribution is -0.0426. The van der Waals surface area contributed by atoms with Crippen LogP contribution in [0, 0.1) is 3.57 Å². The average molecular weight is 592 g/mol. The molecule has 2 aromatic carbocycles. The Labute approximate surface area is 214 Å². The van der Waals surface area contributed by atoms with E-state index in [1.807, 2.05) is 59.0 Å². The Hall–Kier alpha value is -2.05. The van der Waals surface area contributed by atoms with Gasteiger partial charge in [0.05, 0.1) is 16.3 Å². The largest absolute Gasteiger partial charge is 0.405 e. The fourth-order valence-electron chi connectivity index (χ4n) is 4.67. The topological polar surface area (TPSA) is 99.6 Å². The molecule has 1 aliphatic heterocycles. The van der Waals surface area contributed by atoms with Crippen molar-refractivity contribution in [3.8, 4) is 0 Å². The molecule has 9 heteroatoms. The number of rotatable bonds is 6. The molecule has 34 heavy (non-hydrogen) atoms. The fraction of sp³-hybridized carbons (Fsp3) is 0.360. The Morgan fingerprint density at radius 3 is 2.24 bits per heavy atom. The number of aliphatic hydroxyl groups is 1. The SMILES string of the molecule is CC(C)(C)[Si](OC[C@H]1O[C@@H](n2cc(I)c(N)nc2=O)C[C@@H]1O)(c1ccccc1)c1ccccc1. The number of ether oxygens (including phenoxy) is 1. The molecule has 7 nitrogen and oxygen atoms in total. The predicted molar refractivity (Wildman–Crippen MR) is 144 cm³/mol. The number of aromatic nitrogens is 2. The van der Waals surface area contributed by atoms with E-state index in [4.69, 9.17) is 14.9 Å². The third-order valence-corrected chi connectivity index (χ3v) is 12.2. The number of hydrogen-bond donors (Lipinski definition) is 2. The molecular formula is C25H30IN3O4Si. The van der Waals surface area contributed by atoms with Crippen LogP contribution in [-0.4, -0.2) is 41.8 Å². The van der Waals surface area contributed by atoms with Crippen molar-refractivity contribution in [2.45, 2.75) is 50.7 Å². The number of benzene rings is 2. The van der Waals surface area contributed by atoms with E-state index in [2.05, 4.69) is 50.0 Å². The summed E-state index contributed by atoms with van der Waals surface area (Å²) in [6, 6.07) is 20.7. The average Bonchev–Trinajstić information content (AvgIpc) is 3.17. The minimum absolute atomic E-state index is 0.187. The second-order valence-electron chi connectivity index (χ2n) is 9.57. The van der Waals surface area contributed by atoms with Crippen LogP contribution in [0.5, 0.6) is 0 Å². The normalized spacial score (nSPS) is 21.0. The molecule has 0 radical (unpaired) electrons. The first-order chi connectivity index (χ1) is 16.1. The van der Waals surface area contributed by atoms with Crippen molar-refractivity contribution in [2.24, 2.45) is 0 Å². The third-order valence-electron chi connectivity index (χ3n) is 6.33. The Bertz CT molecular complexity index is 1140. The molecule has 3 aromatic rings. The maximum Gasteiger partial charge on any atom is 0.351 e. The Kier molecular flexibility index (Phi) is 7.29. The number of hydrogen-bond acceptors (Lipinski definition) is 6. The molecule has 2 heterocycles. The molecule has 1 saturated heterocycles. The lowest BCUT2D eigenvalue weighted by Crippen LogP contribution is -2.67. The summed E-state index contributed by atoms with van der Waals surface area (Å²) in [7, 11) is -2.76. The van der Waals surface area contributed by atoms with E-state index in [0.29, 0.717) is 3.57 Å². The van der Waals surface area contributed by atoms with Gasteiger partial charge >= 0.3 is 5.69 Å². The first-order valence-electron chi connectivity index (χ1n) is 11.3. The molecule has 4 rings (SSSR count). The van der Waals surface area contributed by atoms with E-state index in [0.717, 1.165) is 10.4 Å². The molecule has 1 aromatic heterocycles. The summed E-state index contributed by atoms with van der Waals surface area (Å²) in [5.41, 5.74) is 5.26. The smallest absolute Gasteiger partial charge is 0.351 e. The van der Waals surface area contributed by atoms with E-state index >= 15 is 0 Å². The van der Waals surface area contributed by atoms with Crippen LogP contribution in [-0.2, 0) is 9.16 Å². The zero-order valence-corrected chi connectivity index (χ0v) is 22.7. The van der Waals surface area contributed by atoms with Gasteiger partial charge in [0, 0.05) is 12.6 Å². The van der Waals surface area contributed by atoms with Gasteiger partial charge in [-0.15, -0.1) is 0 Å². The molecule has 0 unspecified atom stereocenters. The molecule has 0 spiro atoms. The van der Waals surface area contributed by atoms with Gasteiger partial charge in [0.2, 0.25) is 0 Å². The maximum absolute atomic E-state index is 12.4. The van der Waals surface area contributed by atoms with E-state index in [1.54, 1.807) is 6.20 Å². The summed E-state index contributed by atoms with van der Waals surface area (Å²) in [5.74, 6) is 0.187. The van der Waals surface area contributed by atoms with Gasteiger partial charge in [0.15, 0.2) is 0 Å². The Balaban J connectivity index is 1.65. The van der Waals surface area contributed by atoms with Crippen LogP contribution in [0.1, 0.15) is 33.4 Å². The lowest BCUT2D eigenvalue weighted by atomic mass is 10.2. The molecule has 180 valence electrons. The van der Waals surface area contributed by atoms with Crippen molar-refractivity contribution in [3.05, 3.63) is 80.9 Å². The monoisotopic (exact) mass is 591 g/mol. The van der Waals surface area contributed by atoms with Gasteiger partial charge in [-0.25, -0.2) is 4.79 Å². The summed E-state index contributed by atoms with van der Waals surface area (Å²) in [6.45, 7) is 6.82. The van der Waals surface area contributed by atoms with Gasteiger partial charge in [-0.1, -0.05) is 81.4 Å². The number of nitrogens with two attached hydrogens (primary N) is 1. The maximum atomic E-state index is 12.4. The number of halogens is 1. The highest BCUT2D eigenvalue weighted by Gasteiger charge is 2.51.